The number of benzene rings is 1. The molecule has 0 saturated heterocycles. The minimum absolute atomic E-state index is 0.279. The molecule has 0 saturated carbocycles. The molecule has 0 radical (unpaired) electrons. The lowest BCUT2D eigenvalue weighted by molar-refractivity contribution is 0.389. The summed E-state index contributed by atoms with van der Waals surface area (Å²) < 4.78 is 12.4. The van der Waals surface area contributed by atoms with Gasteiger partial charge in [-0.1, -0.05) is 0 Å². The minimum Gasteiger partial charge on any atom is -0.497 e. The van der Waals surface area contributed by atoms with Gasteiger partial charge in [0, 0.05) is 18.7 Å². The van der Waals surface area contributed by atoms with E-state index in [0.29, 0.717) is 5.75 Å². The van der Waals surface area contributed by atoms with Crippen LogP contribution in [0, 0.1) is 0 Å². The normalized spacial score (nSPS) is 12.2. The standard InChI is InChI=1S/C13H17N3O2/c1-16-8-15-7-11(16)13(14)10-5-4-9(17-2)6-12(10)18-3/h4-8,13H,14H2,1-3H3. The summed E-state index contributed by atoms with van der Waals surface area (Å²) in [4.78, 5) is 4.07. The summed E-state index contributed by atoms with van der Waals surface area (Å²) in [5, 5.41) is 0. The van der Waals surface area contributed by atoms with Gasteiger partial charge < -0.3 is 19.8 Å². The first-order valence-corrected chi connectivity index (χ1v) is 5.61. The third-order valence-electron chi connectivity index (χ3n) is 2.95. The van der Waals surface area contributed by atoms with Crippen LogP contribution < -0.4 is 15.2 Å². The van der Waals surface area contributed by atoms with Gasteiger partial charge in [0.1, 0.15) is 11.5 Å². The van der Waals surface area contributed by atoms with Crippen LogP contribution in [0.5, 0.6) is 11.5 Å². The number of ether oxygens (including phenoxy) is 2. The maximum absolute atomic E-state index is 6.25. The second kappa shape index (κ2) is 5.10. The second-order valence-corrected chi connectivity index (χ2v) is 4.01. The maximum atomic E-state index is 6.25. The molecule has 1 atom stereocenters. The van der Waals surface area contributed by atoms with Crippen LogP contribution in [-0.4, -0.2) is 23.8 Å². The fraction of sp³-hybridized carbons (Fsp3) is 0.308. The Bertz CT molecular complexity index is 537. The molecule has 1 heterocycles. The Labute approximate surface area is 106 Å². The molecule has 2 rings (SSSR count). The van der Waals surface area contributed by atoms with Gasteiger partial charge in [0.15, 0.2) is 0 Å². The monoisotopic (exact) mass is 247 g/mol. The zero-order valence-corrected chi connectivity index (χ0v) is 10.8. The Morgan fingerprint density at radius 2 is 2.06 bits per heavy atom. The molecule has 5 nitrogen and oxygen atoms in total. The highest BCUT2D eigenvalue weighted by atomic mass is 16.5. The predicted molar refractivity (Wildman–Crippen MR) is 68.8 cm³/mol. The van der Waals surface area contributed by atoms with Gasteiger partial charge in [0.05, 0.1) is 38.5 Å². The quantitative estimate of drug-likeness (QED) is 0.889. The van der Waals surface area contributed by atoms with Crippen molar-refractivity contribution in [2.45, 2.75) is 6.04 Å². The van der Waals surface area contributed by atoms with Crippen LogP contribution in [0.1, 0.15) is 17.3 Å². The third kappa shape index (κ3) is 2.17. The molecule has 2 aromatic rings. The molecule has 5 heteroatoms. The van der Waals surface area contributed by atoms with Crippen molar-refractivity contribution in [3.63, 3.8) is 0 Å². The van der Waals surface area contributed by atoms with E-state index >= 15 is 0 Å². The zero-order valence-electron chi connectivity index (χ0n) is 10.8. The molecular weight excluding hydrogens is 230 g/mol. The molecule has 0 fully saturated rings. The molecule has 1 aromatic heterocycles. The third-order valence-corrected chi connectivity index (χ3v) is 2.95. The zero-order chi connectivity index (χ0) is 13.1. The molecule has 2 N–H and O–H groups in total. The molecule has 1 aromatic carbocycles. The van der Waals surface area contributed by atoms with Crippen LogP contribution >= 0.6 is 0 Å². The fourth-order valence-electron chi connectivity index (χ4n) is 1.90. The van der Waals surface area contributed by atoms with Gasteiger partial charge in [-0.3, -0.25) is 0 Å². The van der Waals surface area contributed by atoms with Crippen molar-refractivity contribution in [3.8, 4) is 11.5 Å². The van der Waals surface area contributed by atoms with Gasteiger partial charge in [0.2, 0.25) is 0 Å². The topological polar surface area (TPSA) is 62.3 Å². The molecule has 18 heavy (non-hydrogen) atoms. The Kier molecular flexibility index (Phi) is 3.53. The first-order valence-electron chi connectivity index (χ1n) is 5.61. The molecule has 0 aliphatic rings. The van der Waals surface area contributed by atoms with Gasteiger partial charge in [-0.15, -0.1) is 0 Å². The van der Waals surface area contributed by atoms with Crippen LogP contribution in [0.15, 0.2) is 30.7 Å². The van der Waals surface area contributed by atoms with E-state index in [9.17, 15) is 0 Å². The van der Waals surface area contributed by atoms with Crippen LogP contribution in [0.3, 0.4) is 0 Å². The van der Waals surface area contributed by atoms with Gasteiger partial charge in [-0.2, -0.15) is 0 Å². The molecule has 0 amide bonds. The van der Waals surface area contributed by atoms with Crippen molar-refractivity contribution in [1.82, 2.24) is 9.55 Å². The van der Waals surface area contributed by atoms with Gasteiger partial charge in [0.25, 0.3) is 0 Å². The van der Waals surface area contributed by atoms with Crippen molar-refractivity contribution in [2.24, 2.45) is 12.8 Å². The lowest BCUT2D eigenvalue weighted by Gasteiger charge is -2.16. The van der Waals surface area contributed by atoms with E-state index in [0.717, 1.165) is 17.0 Å². The van der Waals surface area contributed by atoms with E-state index in [4.69, 9.17) is 15.2 Å². The molecule has 96 valence electrons. The largest absolute Gasteiger partial charge is 0.497 e. The van der Waals surface area contributed by atoms with Crippen molar-refractivity contribution in [2.75, 3.05) is 14.2 Å². The van der Waals surface area contributed by atoms with Crippen molar-refractivity contribution < 1.29 is 9.47 Å². The smallest absolute Gasteiger partial charge is 0.127 e. The summed E-state index contributed by atoms with van der Waals surface area (Å²) in [5.74, 6) is 1.45. The summed E-state index contributed by atoms with van der Waals surface area (Å²) in [6.45, 7) is 0. The molecular formula is C13H17N3O2. The van der Waals surface area contributed by atoms with Crippen LogP contribution in [0.2, 0.25) is 0 Å². The summed E-state index contributed by atoms with van der Waals surface area (Å²) in [5.41, 5.74) is 8.08. The van der Waals surface area contributed by atoms with E-state index < -0.39 is 0 Å². The number of aryl methyl sites for hydroxylation is 1. The van der Waals surface area contributed by atoms with Crippen LogP contribution in [-0.2, 0) is 7.05 Å². The molecule has 1 unspecified atom stereocenters. The highest BCUT2D eigenvalue weighted by molar-refractivity contribution is 5.44. The summed E-state index contributed by atoms with van der Waals surface area (Å²) in [6, 6.07) is 5.33. The summed E-state index contributed by atoms with van der Waals surface area (Å²) in [7, 11) is 5.15. The summed E-state index contributed by atoms with van der Waals surface area (Å²) >= 11 is 0. The van der Waals surface area contributed by atoms with E-state index in [1.165, 1.54) is 0 Å². The van der Waals surface area contributed by atoms with E-state index in [2.05, 4.69) is 4.98 Å². The SMILES string of the molecule is COc1ccc(C(N)c2cncn2C)c(OC)c1. The minimum atomic E-state index is -0.279. The number of nitrogens with zero attached hydrogens (tertiary/aromatic N) is 2. The van der Waals surface area contributed by atoms with E-state index in [1.807, 2.05) is 29.8 Å². The highest BCUT2D eigenvalue weighted by Gasteiger charge is 2.17. The molecule has 0 spiro atoms. The van der Waals surface area contributed by atoms with Crippen molar-refractivity contribution in [3.05, 3.63) is 42.0 Å². The highest BCUT2D eigenvalue weighted by Crippen LogP contribution is 2.31. The van der Waals surface area contributed by atoms with Crippen molar-refractivity contribution >= 4 is 0 Å². The van der Waals surface area contributed by atoms with E-state index in [1.54, 1.807) is 26.7 Å². The predicted octanol–water partition coefficient (Wildman–Crippen LogP) is 1.49. The van der Waals surface area contributed by atoms with Crippen LogP contribution in [0.25, 0.3) is 0 Å². The fourth-order valence-corrected chi connectivity index (χ4v) is 1.90. The lowest BCUT2D eigenvalue weighted by Crippen LogP contribution is -2.16. The second-order valence-electron chi connectivity index (χ2n) is 4.01. The Morgan fingerprint density at radius 3 is 2.61 bits per heavy atom. The molecule has 0 aliphatic heterocycles. The number of methoxy groups -OCH3 is 2. The van der Waals surface area contributed by atoms with E-state index in [-0.39, 0.29) is 6.04 Å². The van der Waals surface area contributed by atoms with Gasteiger partial charge in [-0.25, -0.2) is 4.98 Å². The number of imidazole rings is 1. The molecule has 0 bridgehead atoms. The molecule has 0 aliphatic carbocycles. The Balaban J connectivity index is 2.41. The van der Waals surface area contributed by atoms with Crippen LogP contribution in [0.4, 0.5) is 0 Å². The summed E-state index contributed by atoms with van der Waals surface area (Å²) in [6.07, 6.45) is 3.49. The first-order chi connectivity index (χ1) is 8.67. The van der Waals surface area contributed by atoms with Gasteiger partial charge >= 0.3 is 0 Å². The average molecular weight is 247 g/mol. The Morgan fingerprint density at radius 1 is 1.28 bits per heavy atom. The average Bonchev–Trinajstić information content (AvgIpc) is 2.83. The maximum Gasteiger partial charge on any atom is 0.127 e. The lowest BCUT2D eigenvalue weighted by atomic mass is 10.0. The Hall–Kier alpha value is -2.01. The number of hydrogen-bond donors (Lipinski definition) is 1. The van der Waals surface area contributed by atoms with Gasteiger partial charge in [-0.05, 0) is 12.1 Å². The number of nitrogens with two attached hydrogens (primary N) is 1. The number of rotatable bonds is 4. The number of aromatic nitrogens is 2. The number of hydrogen-bond acceptors (Lipinski definition) is 4. The van der Waals surface area contributed by atoms with Crippen molar-refractivity contribution in [1.29, 1.82) is 0 Å². The first kappa shape index (κ1) is 12.4.